The molecular formula is C15H28. The van der Waals surface area contributed by atoms with Crippen LogP contribution in [0.25, 0.3) is 0 Å². The Hall–Kier alpha value is 0. The van der Waals surface area contributed by atoms with Gasteiger partial charge in [0.1, 0.15) is 0 Å². The van der Waals surface area contributed by atoms with E-state index in [1.54, 1.807) is 0 Å². The van der Waals surface area contributed by atoms with Crippen LogP contribution < -0.4 is 0 Å². The van der Waals surface area contributed by atoms with Crippen molar-refractivity contribution in [3.05, 3.63) is 0 Å². The third-order valence-corrected chi connectivity index (χ3v) is 5.75. The van der Waals surface area contributed by atoms with Crippen LogP contribution in [0.5, 0.6) is 0 Å². The van der Waals surface area contributed by atoms with Gasteiger partial charge in [-0.05, 0) is 53.8 Å². The normalized spacial score (nSPS) is 51.4. The van der Waals surface area contributed by atoms with Gasteiger partial charge in [0, 0.05) is 0 Å². The molecule has 0 nitrogen and oxygen atoms in total. The molecule has 5 atom stereocenters. The standard InChI is InChI=1S/C15H28/c1-8(2)14(13-7-9(13)3)15-11(5)10(4)12(15)6/h8-15H,7H2,1-6H3. The van der Waals surface area contributed by atoms with Crippen LogP contribution in [0, 0.1) is 47.3 Å². The predicted octanol–water partition coefficient (Wildman–Crippen LogP) is 4.45. The first-order valence-corrected chi connectivity index (χ1v) is 6.95. The molecule has 0 aromatic carbocycles. The fourth-order valence-corrected chi connectivity index (χ4v) is 4.33. The van der Waals surface area contributed by atoms with E-state index >= 15 is 0 Å². The molecule has 2 fully saturated rings. The second-order valence-corrected chi connectivity index (χ2v) is 6.85. The van der Waals surface area contributed by atoms with Crippen LogP contribution in [0.15, 0.2) is 0 Å². The highest BCUT2D eigenvalue weighted by Crippen LogP contribution is 2.59. The Morgan fingerprint density at radius 1 is 0.867 bits per heavy atom. The van der Waals surface area contributed by atoms with Crippen LogP contribution in [0.1, 0.15) is 48.0 Å². The molecule has 5 unspecified atom stereocenters. The van der Waals surface area contributed by atoms with Gasteiger partial charge in [-0.2, -0.15) is 0 Å². The van der Waals surface area contributed by atoms with E-state index in [-0.39, 0.29) is 0 Å². The van der Waals surface area contributed by atoms with Gasteiger partial charge in [0.05, 0.1) is 0 Å². The van der Waals surface area contributed by atoms with Gasteiger partial charge < -0.3 is 0 Å². The van der Waals surface area contributed by atoms with E-state index in [1.165, 1.54) is 6.42 Å². The molecule has 0 heteroatoms. The predicted molar refractivity (Wildman–Crippen MR) is 66.6 cm³/mol. The Morgan fingerprint density at radius 3 is 1.67 bits per heavy atom. The van der Waals surface area contributed by atoms with Gasteiger partial charge in [0.25, 0.3) is 0 Å². The highest BCUT2D eigenvalue weighted by molar-refractivity contribution is 5.01. The topological polar surface area (TPSA) is 0 Å². The molecule has 0 N–H and O–H groups in total. The summed E-state index contributed by atoms with van der Waals surface area (Å²) in [5.41, 5.74) is 0. The van der Waals surface area contributed by atoms with E-state index in [2.05, 4.69) is 41.5 Å². The molecule has 2 aliphatic carbocycles. The quantitative estimate of drug-likeness (QED) is 0.642. The van der Waals surface area contributed by atoms with Crippen molar-refractivity contribution in [2.75, 3.05) is 0 Å². The van der Waals surface area contributed by atoms with Crippen LogP contribution in [0.3, 0.4) is 0 Å². The fourth-order valence-electron chi connectivity index (χ4n) is 4.33. The average Bonchev–Trinajstić information content (AvgIpc) is 2.89. The third-order valence-electron chi connectivity index (χ3n) is 5.75. The summed E-state index contributed by atoms with van der Waals surface area (Å²) in [6, 6.07) is 0. The van der Waals surface area contributed by atoms with Crippen molar-refractivity contribution < 1.29 is 0 Å². The van der Waals surface area contributed by atoms with Crippen molar-refractivity contribution in [1.29, 1.82) is 0 Å². The summed E-state index contributed by atoms with van der Waals surface area (Å²) in [6.45, 7) is 14.7. The van der Waals surface area contributed by atoms with Crippen LogP contribution in [-0.2, 0) is 0 Å². The molecule has 88 valence electrons. The summed E-state index contributed by atoms with van der Waals surface area (Å²) >= 11 is 0. The first-order valence-electron chi connectivity index (χ1n) is 6.95. The SMILES string of the molecule is CC(C)C(C1CC1C)C1C(C)C(C)C1C. The van der Waals surface area contributed by atoms with E-state index in [1.807, 2.05) is 0 Å². The van der Waals surface area contributed by atoms with Gasteiger partial charge in [-0.3, -0.25) is 0 Å². The Morgan fingerprint density at radius 2 is 1.33 bits per heavy atom. The zero-order chi connectivity index (χ0) is 11.3. The summed E-state index contributed by atoms with van der Waals surface area (Å²) in [6.07, 6.45) is 1.51. The summed E-state index contributed by atoms with van der Waals surface area (Å²) in [5.74, 6) is 7.92. The lowest BCUT2D eigenvalue weighted by Crippen LogP contribution is -2.48. The monoisotopic (exact) mass is 208 g/mol. The molecule has 15 heavy (non-hydrogen) atoms. The highest BCUT2D eigenvalue weighted by Gasteiger charge is 2.53. The van der Waals surface area contributed by atoms with Gasteiger partial charge in [-0.15, -0.1) is 0 Å². The number of hydrogen-bond acceptors (Lipinski definition) is 0. The van der Waals surface area contributed by atoms with Crippen molar-refractivity contribution in [1.82, 2.24) is 0 Å². The summed E-state index contributed by atoms with van der Waals surface area (Å²) in [5, 5.41) is 0. The van der Waals surface area contributed by atoms with E-state index in [0.717, 1.165) is 47.3 Å². The molecule has 0 amide bonds. The Labute approximate surface area is 95.8 Å². The van der Waals surface area contributed by atoms with Gasteiger partial charge >= 0.3 is 0 Å². The molecule has 0 radical (unpaired) electrons. The summed E-state index contributed by atoms with van der Waals surface area (Å²) in [4.78, 5) is 0. The van der Waals surface area contributed by atoms with Crippen LogP contribution in [0.2, 0.25) is 0 Å². The second-order valence-electron chi connectivity index (χ2n) is 6.85. The van der Waals surface area contributed by atoms with Crippen molar-refractivity contribution >= 4 is 0 Å². The van der Waals surface area contributed by atoms with Crippen LogP contribution >= 0.6 is 0 Å². The van der Waals surface area contributed by atoms with Crippen molar-refractivity contribution in [2.45, 2.75) is 48.0 Å². The minimum atomic E-state index is 0.891. The molecule has 0 heterocycles. The van der Waals surface area contributed by atoms with Gasteiger partial charge in [0.15, 0.2) is 0 Å². The lowest BCUT2D eigenvalue weighted by molar-refractivity contribution is -0.0516. The highest BCUT2D eigenvalue weighted by atomic mass is 14.6. The maximum absolute atomic E-state index is 2.48. The average molecular weight is 208 g/mol. The van der Waals surface area contributed by atoms with Gasteiger partial charge in [-0.25, -0.2) is 0 Å². The first kappa shape index (κ1) is 11.5. The minimum absolute atomic E-state index is 0.891. The Balaban J connectivity index is 2.06. The summed E-state index contributed by atoms with van der Waals surface area (Å²) < 4.78 is 0. The second kappa shape index (κ2) is 3.79. The van der Waals surface area contributed by atoms with Crippen molar-refractivity contribution in [3.8, 4) is 0 Å². The fraction of sp³-hybridized carbons (Fsp3) is 1.00. The molecule has 0 aromatic rings. The largest absolute Gasteiger partial charge is 0.0625 e. The molecule has 2 rings (SSSR count). The maximum atomic E-state index is 2.48. The zero-order valence-electron chi connectivity index (χ0n) is 11.3. The van der Waals surface area contributed by atoms with E-state index in [0.29, 0.717) is 0 Å². The maximum Gasteiger partial charge on any atom is -0.0324 e. The summed E-state index contributed by atoms with van der Waals surface area (Å²) in [7, 11) is 0. The van der Waals surface area contributed by atoms with E-state index < -0.39 is 0 Å². The van der Waals surface area contributed by atoms with Crippen LogP contribution in [0.4, 0.5) is 0 Å². The van der Waals surface area contributed by atoms with E-state index in [9.17, 15) is 0 Å². The minimum Gasteiger partial charge on any atom is -0.0625 e. The molecule has 0 bridgehead atoms. The number of rotatable bonds is 3. The first-order chi connectivity index (χ1) is 6.95. The van der Waals surface area contributed by atoms with Gasteiger partial charge in [-0.1, -0.05) is 41.5 Å². The molecule has 0 aromatic heterocycles. The molecule has 0 saturated heterocycles. The smallest absolute Gasteiger partial charge is 0.0324 e. The van der Waals surface area contributed by atoms with E-state index in [4.69, 9.17) is 0 Å². The van der Waals surface area contributed by atoms with Crippen LogP contribution in [-0.4, -0.2) is 0 Å². The molecule has 2 saturated carbocycles. The molecule has 2 aliphatic rings. The Kier molecular flexibility index (Phi) is 2.90. The van der Waals surface area contributed by atoms with Gasteiger partial charge in [0.2, 0.25) is 0 Å². The molecule has 0 spiro atoms. The lowest BCUT2D eigenvalue weighted by Gasteiger charge is -2.53. The molecule has 0 aliphatic heterocycles. The molecular weight excluding hydrogens is 180 g/mol. The lowest BCUT2D eigenvalue weighted by atomic mass is 9.52. The third kappa shape index (κ3) is 1.74. The van der Waals surface area contributed by atoms with Crippen molar-refractivity contribution in [2.24, 2.45) is 47.3 Å². The zero-order valence-corrected chi connectivity index (χ0v) is 11.3. The number of hydrogen-bond donors (Lipinski definition) is 0. The Bertz CT molecular complexity index is 220. The van der Waals surface area contributed by atoms with Crippen molar-refractivity contribution in [3.63, 3.8) is 0 Å².